The first kappa shape index (κ1) is 23.2. The fraction of sp³-hybridized carbons (Fsp3) is 0.286. The van der Waals surface area contributed by atoms with E-state index in [1.807, 2.05) is 72.8 Å². The minimum Gasteiger partial charge on any atom is -0.497 e. The number of carbonyl (C=O) groups excluding carboxylic acids is 1. The summed E-state index contributed by atoms with van der Waals surface area (Å²) in [6.07, 6.45) is 1.66. The van der Waals surface area contributed by atoms with Crippen LogP contribution in [0.25, 0.3) is 10.2 Å². The molecule has 0 aliphatic carbocycles. The van der Waals surface area contributed by atoms with Crippen molar-refractivity contribution in [1.29, 1.82) is 0 Å². The summed E-state index contributed by atoms with van der Waals surface area (Å²) >= 11 is 1.68. The van der Waals surface area contributed by atoms with Crippen LogP contribution in [0.15, 0.2) is 72.8 Å². The summed E-state index contributed by atoms with van der Waals surface area (Å²) in [5.74, 6) is 1.83. The Kier molecular flexibility index (Phi) is 7.14. The van der Waals surface area contributed by atoms with Gasteiger partial charge in [0.25, 0.3) is 0 Å². The van der Waals surface area contributed by atoms with Crippen LogP contribution in [0.3, 0.4) is 0 Å². The number of nitrogens with one attached hydrogen (secondary N) is 1. The summed E-state index contributed by atoms with van der Waals surface area (Å²) < 4.78 is 12.3. The Hall–Kier alpha value is -3.58. The lowest BCUT2D eigenvalue weighted by Gasteiger charge is -2.31. The number of benzene rings is 3. The molecule has 180 valence electrons. The average molecular weight is 488 g/mol. The van der Waals surface area contributed by atoms with E-state index in [9.17, 15) is 4.79 Å². The Balaban J connectivity index is 1.08. The van der Waals surface area contributed by atoms with Gasteiger partial charge in [-0.1, -0.05) is 53.8 Å². The topological polar surface area (TPSA) is 63.7 Å². The Labute approximate surface area is 209 Å². The number of nitrogens with zero attached hydrogens (tertiary/aromatic N) is 2. The van der Waals surface area contributed by atoms with E-state index in [0.29, 0.717) is 13.2 Å². The third-order valence-electron chi connectivity index (χ3n) is 6.36. The number of amides is 1. The molecule has 1 amide bonds. The van der Waals surface area contributed by atoms with E-state index in [2.05, 4.69) is 10.2 Å². The van der Waals surface area contributed by atoms with Crippen molar-refractivity contribution >= 4 is 32.6 Å². The van der Waals surface area contributed by atoms with Crippen molar-refractivity contribution in [1.82, 2.24) is 10.3 Å². The standard InChI is InChI=1S/C28H29N3O3S/c1-33-24-11-12-25-26(17-24)35-28(30-25)31-15-13-22(14-16-31)27(32)29-18-20-7-9-23(10-8-20)34-19-21-5-3-2-4-6-21/h2-12,17,22H,13-16,18-19H2,1H3,(H,29,32). The van der Waals surface area contributed by atoms with E-state index in [4.69, 9.17) is 14.5 Å². The third kappa shape index (κ3) is 5.74. The van der Waals surface area contributed by atoms with Crippen molar-refractivity contribution in [3.8, 4) is 11.5 Å². The summed E-state index contributed by atoms with van der Waals surface area (Å²) in [7, 11) is 1.68. The van der Waals surface area contributed by atoms with E-state index in [-0.39, 0.29) is 11.8 Å². The zero-order valence-corrected chi connectivity index (χ0v) is 20.6. The number of hydrogen-bond acceptors (Lipinski definition) is 6. The maximum absolute atomic E-state index is 12.8. The van der Waals surface area contributed by atoms with E-state index >= 15 is 0 Å². The minimum absolute atomic E-state index is 0.0363. The molecule has 4 aromatic rings. The molecule has 1 fully saturated rings. The number of ether oxygens (including phenoxy) is 2. The van der Waals surface area contributed by atoms with Crippen LogP contribution in [-0.2, 0) is 17.9 Å². The summed E-state index contributed by atoms with van der Waals surface area (Å²) in [6.45, 7) is 2.74. The molecule has 1 N–H and O–H groups in total. The molecule has 0 atom stereocenters. The number of rotatable bonds is 8. The van der Waals surface area contributed by atoms with Crippen molar-refractivity contribution in [3.63, 3.8) is 0 Å². The largest absolute Gasteiger partial charge is 0.497 e. The SMILES string of the molecule is COc1ccc2nc(N3CCC(C(=O)NCc4ccc(OCc5ccccc5)cc4)CC3)sc2c1. The predicted octanol–water partition coefficient (Wildman–Crippen LogP) is 5.42. The highest BCUT2D eigenvalue weighted by molar-refractivity contribution is 7.22. The number of piperidine rings is 1. The van der Waals surface area contributed by atoms with Gasteiger partial charge < -0.3 is 19.7 Å². The van der Waals surface area contributed by atoms with E-state index < -0.39 is 0 Å². The van der Waals surface area contributed by atoms with Gasteiger partial charge in [0.2, 0.25) is 5.91 Å². The monoisotopic (exact) mass is 487 g/mol. The zero-order chi connectivity index (χ0) is 24.0. The molecule has 1 aliphatic rings. The second-order valence-electron chi connectivity index (χ2n) is 8.73. The van der Waals surface area contributed by atoms with Crippen molar-refractivity contribution < 1.29 is 14.3 Å². The zero-order valence-electron chi connectivity index (χ0n) is 19.8. The number of methoxy groups -OCH3 is 1. The van der Waals surface area contributed by atoms with E-state index in [0.717, 1.165) is 63.9 Å². The van der Waals surface area contributed by atoms with Crippen LogP contribution in [0.5, 0.6) is 11.5 Å². The molecule has 35 heavy (non-hydrogen) atoms. The highest BCUT2D eigenvalue weighted by atomic mass is 32.1. The molecule has 0 saturated carbocycles. The highest BCUT2D eigenvalue weighted by Gasteiger charge is 2.26. The first-order chi connectivity index (χ1) is 17.2. The van der Waals surface area contributed by atoms with Crippen LogP contribution in [-0.4, -0.2) is 31.1 Å². The summed E-state index contributed by atoms with van der Waals surface area (Å²) in [6, 6.07) is 24.0. The minimum atomic E-state index is 0.0363. The molecule has 0 radical (unpaired) electrons. The second-order valence-corrected chi connectivity index (χ2v) is 9.74. The van der Waals surface area contributed by atoms with Gasteiger partial charge in [0, 0.05) is 25.6 Å². The van der Waals surface area contributed by atoms with Gasteiger partial charge in [0.05, 0.1) is 17.3 Å². The Morgan fingerprint density at radius 2 is 1.74 bits per heavy atom. The lowest BCUT2D eigenvalue weighted by molar-refractivity contribution is -0.125. The molecule has 2 heterocycles. The van der Waals surface area contributed by atoms with Crippen LogP contribution >= 0.6 is 11.3 Å². The Bertz CT molecular complexity index is 1270. The number of aromatic nitrogens is 1. The number of fused-ring (bicyclic) bond motifs is 1. The van der Waals surface area contributed by atoms with Crippen LogP contribution in [0.2, 0.25) is 0 Å². The summed E-state index contributed by atoms with van der Waals surface area (Å²) in [4.78, 5) is 19.8. The predicted molar refractivity (Wildman–Crippen MR) is 140 cm³/mol. The Morgan fingerprint density at radius 1 is 1.00 bits per heavy atom. The lowest BCUT2D eigenvalue weighted by Crippen LogP contribution is -2.40. The molecule has 7 heteroatoms. The maximum Gasteiger partial charge on any atom is 0.223 e. The first-order valence-electron chi connectivity index (χ1n) is 11.9. The van der Waals surface area contributed by atoms with Crippen LogP contribution in [0.4, 0.5) is 5.13 Å². The smallest absolute Gasteiger partial charge is 0.223 e. The highest BCUT2D eigenvalue weighted by Crippen LogP contribution is 2.33. The van der Waals surface area contributed by atoms with Crippen LogP contribution < -0.4 is 19.7 Å². The third-order valence-corrected chi connectivity index (χ3v) is 7.44. The van der Waals surface area contributed by atoms with Gasteiger partial charge in [0.15, 0.2) is 5.13 Å². The maximum atomic E-state index is 12.8. The van der Waals surface area contributed by atoms with Gasteiger partial charge in [-0.05, 0) is 54.3 Å². The molecule has 6 nitrogen and oxygen atoms in total. The molecule has 0 spiro atoms. The fourth-order valence-corrected chi connectivity index (χ4v) is 5.31. The number of thiazole rings is 1. The molecular formula is C28H29N3O3S. The lowest BCUT2D eigenvalue weighted by atomic mass is 9.96. The van der Waals surface area contributed by atoms with Gasteiger partial charge in [-0.25, -0.2) is 4.98 Å². The molecule has 3 aromatic carbocycles. The van der Waals surface area contributed by atoms with E-state index in [1.54, 1.807) is 18.4 Å². The van der Waals surface area contributed by atoms with Gasteiger partial charge >= 0.3 is 0 Å². The molecule has 5 rings (SSSR count). The quantitative estimate of drug-likeness (QED) is 0.360. The number of carbonyl (C=O) groups is 1. The molecule has 0 unspecified atom stereocenters. The second kappa shape index (κ2) is 10.8. The van der Waals surface area contributed by atoms with Crippen molar-refractivity contribution in [2.45, 2.75) is 26.0 Å². The van der Waals surface area contributed by atoms with Crippen molar-refractivity contribution in [3.05, 3.63) is 83.9 Å². The normalized spacial score (nSPS) is 14.1. The van der Waals surface area contributed by atoms with Crippen LogP contribution in [0, 0.1) is 5.92 Å². The molecule has 1 saturated heterocycles. The summed E-state index contributed by atoms with van der Waals surface area (Å²) in [5, 5.41) is 4.13. The molecule has 1 aliphatic heterocycles. The van der Waals surface area contributed by atoms with Crippen molar-refractivity contribution in [2.75, 3.05) is 25.1 Å². The molecule has 0 bridgehead atoms. The van der Waals surface area contributed by atoms with Gasteiger partial charge in [-0.15, -0.1) is 0 Å². The Morgan fingerprint density at radius 3 is 2.49 bits per heavy atom. The molecule has 1 aromatic heterocycles. The molecular weight excluding hydrogens is 458 g/mol. The number of anilines is 1. The van der Waals surface area contributed by atoms with Gasteiger partial charge in [-0.3, -0.25) is 4.79 Å². The van der Waals surface area contributed by atoms with Crippen LogP contribution in [0.1, 0.15) is 24.0 Å². The van der Waals surface area contributed by atoms with Gasteiger partial charge in [0.1, 0.15) is 18.1 Å². The number of hydrogen-bond donors (Lipinski definition) is 1. The first-order valence-corrected chi connectivity index (χ1v) is 12.7. The summed E-state index contributed by atoms with van der Waals surface area (Å²) in [5.41, 5.74) is 3.19. The van der Waals surface area contributed by atoms with Crippen molar-refractivity contribution in [2.24, 2.45) is 5.92 Å². The fourth-order valence-electron chi connectivity index (χ4n) is 4.27. The average Bonchev–Trinajstić information content (AvgIpc) is 3.35. The van der Waals surface area contributed by atoms with Gasteiger partial charge in [-0.2, -0.15) is 0 Å². The van der Waals surface area contributed by atoms with E-state index in [1.165, 1.54) is 0 Å².